The first-order valence-electron chi connectivity index (χ1n) is 10.1. The number of ether oxygens (including phenoxy) is 1. The van der Waals surface area contributed by atoms with Crippen molar-refractivity contribution in [3.8, 4) is 16.9 Å². The SMILES string of the molecule is Nc1nc2cc(-c3cnc4c(c3)CN(Cc3cc(OC(F)(F)F)ccc3F)CC4)ccn2n1. The standard InChI is InChI=1S/C22H18F4N6O/c23-18-2-1-17(33-22(24,25)26)8-15(18)11-31-5-4-19-16(12-31)7-14(10-28-19)13-3-6-32-20(9-13)29-21(27)30-32/h1-3,6-10H,4-5,11-12H2,(H2,27,30). The van der Waals surface area contributed by atoms with Gasteiger partial charge in [-0.15, -0.1) is 18.3 Å². The highest BCUT2D eigenvalue weighted by Crippen LogP contribution is 2.28. The van der Waals surface area contributed by atoms with Crippen molar-refractivity contribution >= 4 is 11.6 Å². The number of nitrogens with zero attached hydrogens (tertiary/aromatic N) is 5. The molecule has 0 bridgehead atoms. The molecule has 0 unspecified atom stereocenters. The molecule has 0 amide bonds. The molecule has 5 rings (SSSR count). The number of anilines is 1. The van der Waals surface area contributed by atoms with Gasteiger partial charge in [-0.3, -0.25) is 9.88 Å². The predicted molar refractivity (Wildman–Crippen MR) is 112 cm³/mol. The minimum Gasteiger partial charge on any atom is -0.406 e. The van der Waals surface area contributed by atoms with E-state index in [-0.39, 0.29) is 18.1 Å². The molecular formula is C22H18F4N6O. The van der Waals surface area contributed by atoms with Crippen LogP contribution in [0.5, 0.6) is 5.75 Å². The lowest BCUT2D eigenvalue weighted by Gasteiger charge is -2.28. The molecule has 0 radical (unpaired) electrons. The Balaban J connectivity index is 1.37. The summed E-state index contributed by atoms with van der Waals surface area (Å²) in [5.74, 6) is -0.837. The van der Waals surface area contributed by atoms with Gasteiger partial charge in [0.2, 0.25) is 5.95 Å². The van der Waals surface area contributed by atoms with Gasteiger partial charge in [0.15, 0.2) is 5.65 Å². The number of pyridine rings is 2. The number of halogens is 4. The fraction of sp³-hybridized carbons (Fsp3) is 0.227. The topological polar surface area (TPSA) is 81.6 Å². The summed E-state index contributed by atoms with van der Waals surface area (Å²) in [5, 5.41) is 4.06. The summed E-state index contributed by atoms with van der Waals surface area (Å²) < 4.78 is 57.3. The van der Waals surface area contributed by atoms with Crippen molar-refractivity contribution in [2.24, 2.45) is 0 Å². The highest BCUT2D eigenvalue weighted by atomic mass is 19.4. The third-order valence-electron chi connectivity index (χ3n) is 5.45. The Hall–Kier alpha value is -3.73. The second-order valence-corrected chi connectivity index (χ2v) is 7.78. The molecule has 0 atom stereocenters. The summed E-state index contributed by atoms with van der Waals surface area (Å²) in [7, 11) is 0. The molecule has 0 spiro atoms. The largest absolute Gasteiger partial charge is 0.573 e. The quantitative estimate of drug-likeness (QED) is 0.466. The Kier molecular flexibility index (Phi) is 5.12. The highest BCUT2D eigenvalue weighted by molar-refractivity contribution is 5.67. The molecule has 7 nitrogen and oxygen atoms in total. The van der Waals surface area contributed by atoms with Crippen molar-refractivity contribution in [3.63, 3.8) is 0 Å². The molecule has 1 aliphatic rings. The van der Waals surface area contributed by atoms with E-state index in [0.717, 1.165) is 40.6 Å². The molecule has 11 heteroatoms. The van der Waals surface area contributed by atoms with E-state index in [1.807, 2.05) is 23.1 Å². The average Bonchev–Trinajstić information content (AvgIpc) is 3.14. The van der Waals surface area contributed by atoms with Gasteiger partial charge in [-0.2, -0.15) is 4.98 Å². The maximum atomic E-state index is 14.3. The van der Waals surface area contributed by atoms with Crippen molar-refractivity contribution in [2.45, 2.75) is 25.9 Å². The molecule has 2 N–H and O–H groups in total. The normalized spacial score (nSPS) is 14.4. The van der Waals surface area contributed by atoms with Gasteiger partial charge in [0.05, 0.1) is 0 Å². The van der Waals surface area contributed by atoms with E-state index >= 15 is 0 Å². The van der Waals surface area contributed by atoms with Gasteiger partial charge in [-0.25, -0.2) is 8.91 Å². The van der Waals surface area contributed by atoms with Crippen molar-refractivity contribution < 1.29 is 22.3 Å². The number of hydrogen-bond acceptors (Lipinski definition) is 6. The Morgan fingerprint density at radius 2 is 1.94 bits per heavy atom. The van der Waals surface area contributed by atoms with E-state index in [2.05, 4.69) is 19.8 Å². The van der Waals surface area contributed by atoms with Crippen molar-refractivity contribution in [2.75, 3.05) is 12.3 Å². The number of nitrogens with two attached hydrogens (primary N) is 1. The van der Waals surface area contributed by atoms with Gasteiger partial charge in [-0.1, -0.05) is 0 Å². The maximum Gasteiger partial charge on any atom is 0.573 e. The second-order valence-electron chi connectivity index (χ2n) is 7.78. The van der Waals surface area contributed by atoms with Crippen LogP contribution < -0.4 is 10.5 Å². The number of nitrogen functional groups attached to an aromatic ring is 1. The van der Waals surface area contributed by atoms with Gasteiger partial charge in [-0.05, 0) is 47.5 Å². The van der Waals surface area contributed by atoms with Crippen LogP contribution in [0.1, 0.15) is 16.8 Å². The van der Waals surface area contributed by atoms with Crippen molar-refractivity contribution in [3.05, 3.63) is 71.4 Å². The van der Waals surface area contributed by atoms with E-state index in [1.165, 1.54) is 0 Å². The third kappa shape index (κ3) is 4.58. The zero-order valence-electron chi connectivity index (χ0n) is 17.2. The first kappa shape index (κ1) is 21.1. The van der Waals surface area contributed by atoms with Crippen LogP contribution >= 0.6 is 0 Å². The average molecular weight is 458 g/mol. The van der Waals surface area contributed by atoms with Crippen molar-refractivity contribution in [1.29, 1.82) is 0 Å². The molecule has 33 heavy (non-hydrogen) atoms. The van der Waals surface area contributed by atoms with Gasteiger partial charge in [0.25, 0.3) is 0 Å². The minimum absolute atomic E-state index is 0.138. The molecule has 4 aromatic rings. The van der Waals surface area contributed by atoms with Crippen LogP contribution in [0, 0.1) is 5.82 Å². The number of alkyl halides is 3. The third-order valence-corrected chi connectivity index (χ3v) is 5.45. The predicted octanol–water partition coefficient (Wildman–Crippen LogP) is 3.97. The number of aromatic nitrogens is 4. The number of hydrogen-bond donors (Lipinski definition) is 1. The van der Waals surface area contributed by atoms with Crippen LogP contribution in [0.4, 0.5) is 23.5 Å². The Labute approximate surface area is 185 Å². The summed E-state index contributed by atoms with van der Waals surface area (Å²) in [6.45, 7) is 1.24. The second kappa shape index (κ2) is 8.00. The van der Waals surface area contributed by atoms with Crippen molar-refractivity contribution in [1.82, 2.24) is 24.5 Å². The fourth-order valence-corrected chi connectivity index (χ4v) is 3.97. The van der Waals surface area contributed by atoms with Gasteiger partial charge in [0, 0.05) is 55.3 Å². The number of rotatable bonds is 4. The van der Waals surface area contributed by atoms with Crippen LogP contribution in [0.15, 0.2) is 48.8 Å². The lowest BCUT2D eigenvalue weighted by atomic mass is 10.00. The van der Waals surface area contributed by atoms with E-state index < -0.39 is 17.9 Å². The summed E-state index contributed by atoms with van der Waals surface area (Å²) in [5.41, 5.74) is 10.1. The molecule has 170 valence electrons. The summed E-state index contributed by atoms with van der Waals surface area (Å²) in [6.07, 6.45) is -0.631. The van der Waals surface area contributed by atoms with Gasteiger partial charge < -0.3 is 10.5 Å². The molecule has 1 aliphatic heterocycles. The van der Waals surface area contributed by atoms with Crippen LogP contribution in [0.3, 0.4) is 0 Å². The van der Waals surface area contributed by atoms with Crippen LogP contribution in [-0.4, -0.2) is 37.4 Å². The van der Waals surface area contributed by atoms with E-state index in [4.69, 9.17) is 5.73 Å². The first-order chi connectivity index (χ1) is 15.7. The summed E-state index contributed by atoms with van der Waals surface area (Å²) in [4.78, 5) is 10.7. The Morgan fingerprint density at radius 1 is 1.09 bits per heavy atom. The molecule has 4 heterocycles. The van der Waals surface area contributed by atoms with Gasteiger partial charge in [0.1, 0.15) is 11.6 Å². The van der Waals surface area contributed by atoms with Crippen LogP contribution in [0.2, 0.25) is 0 Å². The van der Waals surface area contributed by atoms with Crippen LogP contribution in [-0.2, 0) is 19.5 Å². The Morgan fingerprint density at radius 3 is 2.76 bits per heavy atom. The first-order valence-corrected chi connectivity index (χ1v) is 10.1. The number of fused-ring (bicyclic) bond motifs is 2. The molecule has 0 aliphatic carbocycles. The molecule has 0 saturated heterocycles. The molecular weight excluding hydrogens is 440 g/mol. The van der Waals surface area contributed by atoms with Gasteiger partial charge >= 0.3 is 6.36 Å². The minimum atomic E-state index is -4.83. The van der Waals surface area contributed by atoms with E-state index in [9.17, 15) is 17.6 Å². The molecule has 1 aromatic carbocycles. The summed E-state index contributed by atoms with van der Waals surface area (Å²) >= 11 is 0. The number of benzene rings is 1. The smallest absolute Gasteiger partial charge is 0.406 e. The zero-order chi connectivity index (χ0) is 23.2. The Bertz CT molecular complexity index is 1340. The fourth-order valence-electron chi connectivity index (χ4n) is 3.97. The lowest BCUT2D eigenvalue weighted by Crippen LogP contribution is -2.31. The molecule has 0 saturated carbocycles. The summed E-state index contributed by atoms with van der Waals surface area (Å²) in [6, 6.07) is 8.79. The molecule has 3 aromatic heterocycles. The van der Waals surface area contributed by atoms with E-state index in [0.29, 0.717) is 25.2 Å². The lowest BCUT2D eigenvalue weighted by molar-refractivity contribution is -0.274. The maximum absolute atomic E-state index is 14.3. The monoisotopic (exact) mass is 458 g/mol. The van der Waals surface area contributed by atoms with E-state index in [1.54, 1.807) is 16.9 Å². The zero-order valence-corrected chi connectivity index (χ0v) is 17.2. The molecule has 0 fully saturated rings. The highest BCUT2D eigenvalue weighted by Gasteiger charge is 2.31. The van der Waals surface area contributed by atoms with Crippen LogP contribution in [0.25, 0.3) is 16.8 Å².